The summed E-state index contributed by atoms with van der Waals surface area (Å²) in [6.45, 7) is 0. The molecule has 0 fully saturated rings. The molecule has 5 nitrogen and oxygen atoms in total. The summed E-state index contributed by atoms with van der Waals surface area (Å²) >= 11 is 0. The van der Waals surface area contributed by atoms with Gasteiger partial charge in [0, 0.05) is 11.1 Å². The van der Waals surface area contributed by atoms with Crippen molar-refractivity contribution >= 4 is 17.8 Å². The van der Waals surface area contributed by atoms with Crippen LogP contribution in [-0.4, -0.2) is 23.9 Å². The van der Waals surface area contributed by atoms with Gasteiger partial charge in [0.25, 0.3) is 5.91 Å². The van der Waals surface area contributed by atoms with Gasteiger partial charge in [0.05, 0.1) is 12.7 Å². The molecule has 0 aliphatic heterocycles. The van der Waals surface area contributed by atoms with Crippen molar-refractivity contribution in [3.63, 3.8) is 0 Å². The van der Waals surface area contributed by atoms with Crippen LogP contribution < -0.4 is 10.5 Å². The standard InChI is InChI=1S/C17H15NO4/c1-22-16-5-3-2-4-11(16)6-8-14(19)12-7-9-15(20)13(10-12)17(18)21/h2-10,20H,1H3,(H2,18,21)/b8-6+. The Morgan fingerprint density at radius 1 is 1.18 bits per heavy atom. The van der Waals surface area contributed by atoms with Crippen molar-refractivity contribution in [3.05, 3.63) is 65.2 Å². The molecule has 1 amide bonds. The lowest BCUT2D eigenvalue weighted by Gasteiger charge is -2.04. The molecule has 0 aliphatic carbocycles. The smallest absolute Gasteiger partial charge is 0.252 e. The van der Waals surface area contributed by atoms with E-state index in [4.69, 9.17) is 10.5 Å². The Bertz CT molecular complexity index is 750. The molecule has 2 rings (SSSR count). The molecule has 2 aromatic rings. The number of ether oxygens (including phenoxy) is 1. The summed E-state index contributed by atoms with van der Waals surface area (Å²) in [5.74, 6) is -0.706. The van der Waals surface area contributed by atoms with E-state index < -0.39 is 5.91 Å². The van der Waals surface area contributed by atoms with Gasteiger partial charge < -0.3 is 15.6 Å². The summed E-state index contributed by atoms with van der Waals surface area (Å²) in [5, 5.41) is 9.52. The molecule has 0 atom stereocenters. The number of primary amides is 1. The van der Waals surface area contributed by atoms with E-state index in [1.54, 1.807) is 19.3 Å². The Kier molecular flexibility index (Phi) is 4.58. The summed E-state index contributed by atoms with van der Waals surface area (Å²) in [6, 6.07) is 11.2. The third kappa shape index (κ3) is 3.32. The zero-order valence-electron chi connectivity index (χ0n) is 11.9. The lowest BCUT2D eigenvalue weighted by Crippen LogP contribution is -2.12. The Labute approximate surface area is 127 Å². The van der Waals surface area contributed by atoms with Gasteiger partial charge in [0.2, 0.25) is 0 Å². The van der Waals surface area contributed by atoms with E-state index in [9.17, 15) is 14.7 Å². The molecule has 22 heavy (non-hydrogen) atoms. The maximum Gasteiger partial charge on any atom is 0.252 e. The molecule has 112 valence electrons. The minimum absolute atomic E-state index is 0.0865. The second-order valence-corrected chi connectivity index (χ2v) is 4.54. The van der Waals surface area contributed by atoms with Crippen LogP contribution >= 0.6 is 0 Å². The number of amides is 1. The van der Waals surface area contributed by atoms with Crippen LogP contribution in [0.15, 0.2) is 48.5 Å². The van der Waals surface area contributed by atoms with Gasteiger partial charge >= 0.3 is 0 Å². The highest BCUT2D eigenvalue weighted by Crippen LogP contribution is 2.21. The summed E-state index contributed by atoms with van der Waals surface area (Å²) in [7, 11) is 1.55. The third-order valence-corrected chi connectivity index (χ3v) is 3.10. The Balaban J connectivity index is 2.27. The number of nitrogens with two attached hydrogens (primary N) is 1. The van der Waals surface area contributed by atoms with Gasteiger partial charge in [-0.3, -0.25) is 9.59 Å². The molecule has 0 heterocycles. The number of ketones is 1. The number of para-hydroxylation sites is 1. The molecular formula is C17H15NO4. The largest absolute Gasteiger partial charge is 0.507 e. The van der Waals surface area contributed by atoms with E-state index >= 15 is 0 Å². The monoisotopic (exact) mass is 297 g/mol. The molecule has 2 aromatic carbocycles. The lowest BCUT2D eigenvalue weighted by atomic mass is 10.0. The van der Waals surface area contributed by atoms with Crippen molar-refractivity contribution < 1.29 is 19.4 Å². The van der Waals surface area contributed by atoms with Gasteiger partial charge in [0.15, 0.2) is 5.78 Å². The van der Waals surface area contributed by atoms with Crippen LogP contribution in [0.4, 0.5) is 0 Å². The van der Waals surface area contributed by atoms with Gasteiger partial charge in [0.1, 0.15) is 11.5 Å². The fourth-order valence-corrected chi connectivity index (χ4v) is 1.95. The first-order chi connectivity index (χ1) is 10.5. The number of carbonyl (C=O) groups is 2. The van der Waals surface area contributed by atoms with Gasteiger partial charge in [-0.15, -0.1) is 0 Å². The second kappa shape index (κ2) is 6.58. The van der Waals surface area contributed by atoms with Crippen LogP contribution in [0.3, 0.4) is 0 Å². The quantitative estimate of drug-likeness (QED) is 0.655. The molecule has 0 unspecified atom stereocenters. The van der Waals surface area contributed by atoms with E-state index in [1.165, 1.54) is 24.3 Å². The van der Waals surface area contributed by atoms with Gasteiger partial charge in [-0.2, -0.15) is 0 Å². The van der Waals surface area contributed by atoms with Crippen LogP contribution in [0.1, 0.15) is 26.3 Å². The SMILES string of the molecule is COc1ccccc1/C=C/C(=O)c1ccc(O)c(C(N)=O)c1. The fraction of sp³-hybridized carbons (Fsp3) is 0.0588. The molecule has 0 spiro atoms. The van der Waals surface area contributed by atoms with E-state index in [0.717, 1.165) is 5.56 Å². The number of methoxy groups -OCH3 is 1. The number of hydrogen-bond acceptors (Lipinski definition) is 4. The molecule has 0 bridgehead atoms. The number of aromatic hydroxyl groups is 1. The number of rotatable bonds is 5. The number of allylic oxidation sites excluding steroid dienone is 1. The topological polar surface area (TPSA) is 89.6 Å². The van der Waals surface area contributed by atoms with Crippen LogP contribution in [-0.2, 0) is 0 Å². The summed E-state index contributed by atoms with van der Waals surface area (Å²) in [5.41, 5.74) is 6.07. The van der Waals surface area contributed by atoms with Crippen molar-refractivity contribution in [3.8, 4) is 11.5 Å². The second-order valence-electron chi connectivity index (χ2n) is 4.54. The van der Waals surface area contributed by atoms with Crippen molar-refractivity contribution in [2.45, 2.75) is 0 Å². The maximum atomic E-state index is 12.1. The number of carbonyl (C=O) groups excluding carboxylic acids is 2. The zero-order valence-corrected chi connectivity index (χ0v) is 11.9. The lowest BCUT2D eigenvalue weighted by molar-refractivity contribution is 0.0997. The van der Waals surface area contributed by atoms with Crippen molar-refractivity contribution in [2.75, 3.05) is 7.11 Å². The highest BCUT2D eigenvalue weighted by Gasteiger charge is 2.11. The molecule has 0 saturated heterocycles. The minimum atomic E-state index is -0.791. The molecule has 5 heteroatoms. The highest BCUT2D eigenvalue weighted by molar-refractivity contribution is 6.08. The molecule has 0 aliphatic rings. The zero-order chi connectivity index (χ0) is 16.1. The number of benzene rings is 2. The predicted molar refractivity (Wildman–Crippen MR) is 83.0 cm³/mol. The van der Waals surface area contributed by atoms with Gasteiger partial charge in [-0.25, -0.2) is 0 Å². The fourth-order valence-electron chi connectivity index (χ4n) is 1.95. The molecule has 0 aromatic heterocycles. The first-order valence-electron chi connectivity index (χ1n) is 6.51. The molecule has 3 N–H and O–H groups in total. The van der Waals surface area contributed by atoms with Crippen LogP contribution in [0.5, 0.6) is 11.5 Å². The van der Waals surface area contributed by atoms with Crippen LogP contribution in [0.25, 0.3) is 6.08 Å². The van der Waals surface area contributed by atoms with E-state index in [1.807, 2.05) is 18.2 Å². The summed E-state index contributed by atoms with van der Waals surface area (Å²) in [6.07, 6.45) is 2.99. The van der Waals surface area contributed by atoms with Crippen molar-refractivity contribution in [2.24, 2.45) is 5.73 Å². The van der Waals surface area contributed by atoms with Gasteiger partial charge in [-0.1, -0.05) is 18.2 Å². The normalized spacial score (nSPS) is 10.6. The van der Waals surface area contributed by atoms with Crippen molar-refractivity contribution in [1.29, 1.82) is 0 Å². The molecule has 0 radical (unpaired) electrons. The summed E-state index contributed by atoms with van der Waals surface area (Å²) in [4.78, 5) is 23.3. The molecule has 0 saturated carbocycles. The first-order valence-corrected chi connectivity index (χ1v) is 6.51. The first kappa shape index (κ1) is 15.3. The third-order valence-electron chi connectivity index (χ3n) is 3.10. The van der Waals surface area contributed by atoms with E-state index in [-0.39, 0.29) is 22.7 Å². The minimum Gasteiger partial charge on any atom is -0.507 e. The average Bonchev–Trinajstić information content (AvgIpc) is 2.53. The van der Waals surface area contributed by atoms with E-state index in [0.29, 0.717) is 5.75 Å². The van der Waals surface area contributed by atoms with Gasteiger partial charge in [-0.05, 0) is 36.4 Å². The molecular weight excluding hydrogens is 282 g/mol. The highest BCUT2D eigenvalue weighted by atomic mass is 16.5. The Hall–Kier alpha value is -3.08. The maximum absolute atomic E-state index is 12.1. The van der Waals surface area contributed by atoms with E-state index in [2.05, 4.69) is 0 Å². The Morgan fingerprint density at radius 2 is 1.91 bits per heavy atom. The predicted octanol–water partition coefficient (Wildman–Crippen LogP) is 2.40. The van der Waals surface area contributed by atoms with Crippen LogP contribution in [0.2, 0.25) is 0 Å². The van der Waals surface area contributed by atoms with Crippen LogP contribution in [0, 0.1) is 0 Å². The number of hydrogen-bond donors (Lipinski definition) is 2. The average molecular weight is 297 g/mol. The van der Waals surface area contributed by atoms with Crippen molar-refractivity contribution in [1.82, 2.24) is 0 Å². The summed E-state index contributed by atoms with van der Waals surface area (Å²) < 4.78 is 5.19. The Morgan fingerprint density at radius 3 is 2.59 bits per heavy atom. The number of phenols is 1.